The number of anilines is 1. The molecule has 1 unspecified atom stereocenters. The van der Waals surface area contributed by atoms with Gasteiger partial charge in [0, 0.05) is 25.1 Å². The molecule has 0 aliphatic carbocycles. The van der Waals surface area contributed by atoms with Gasteiger partial charge in [-0.3, -0.25) is 0 Å². The summed E-state index contributed by atoms with van der Waals surface area (Å²) in [6, 6.07) is 20.0. The minimum atomic E-state index is 0.0187. The van der Waals surface area contributed by atoms with Gasteiger partial charge in [-0.05, 0) is 44.0 Å². The topological polar surface area (TPSA) is 61.6 Å². The summed E-state index contributed by atoms with van der Waals surface area (Å²) in [5.41, 5.74) is 2.16. The molecule has 0 aromatic heterocycles. The lowest BCUT2D eigenvalue weighted by Gasteiger charge is -2.17. The zero-order valence-electron chi connectivity index (χ0n) is 16.3. The molecule has 0 fully saturated rings. The first-order chi connectivity index (χ1) is 13.1. The average molecular weight is 365 g/mol. The number of nitrogens with one attached hydrogen (secondary N) is 1. The van der Waals surface area contributed by atoms with Gasteiger partial charge in [0.1, 0.15) is 0 Å². The van der Waals surface area contributed by atoms with Gasteiger partial charge in [0.25, 0.3) is 0 Å². The maximum absolute atomic E-state index is 5.38. The Bertz CT molecular complexity index is 770. The molecule has 2 rings (SSSR count). The van der Waals surface area contributed by atoms with E-state index >= 15 is 0 Å². The molecule has 0 saturated heterocycles. The average Bonchev–Trinajstić information content (AvgIpc) is 2.68. The first-order valence-electron chi connectivity index (χ1n) is 8.94. The van der Waals surface area contributed by atoms with Gasteiger partial charge in [0.05, 0.1) is 6.04 Å². The Hall–Kier alpha value is -3.15. The van der Waals surface area contributed by atoms with E-state index in [0.29, 0.717) is 11.8 Å². The predicted molar refractivity (Wildman–Crippen MR) is 110 cm³/mol. The fraction of sp³-hybridized carbons (Fsp3) is 0.286. The summed E-state index contributed by atoms with van der Waals surface area (Å²) in [6.07, 6.45) is 2.55. The van der Waals surface area contributed by atoms with Crippen LogP contribution in [0, 0.1) is 0 Å². The number of guanidine groups is 1. The van der Waals surface area contributed by atoms with E-state index in [1.807, 2.05) is 81.4 Å². The van der Waals surface area contributed by atoms with Crippen molar-refractivity contribution >= 4 is 11.6 Å². The Kier molecular flexibility index (Phi) is 8.03. The molecule has 6 nitrogen and oxygen atoms in total. The Labute approximate surface area is 161 Å². The molecule has 27 heavy (non-hydrogen) atoms. The molecule has 142 valence electrons. The van der Waals surface area contributed by atoms with E-state index in [4.69, 9.17) is 4.84 Å². The molecule has 1 atom stereocenters. The van der Waals surface area contributed by atoms with Crippen LogP contribution in [0.5, 0.6) is 0 Å². The minimum Gasteiger partial charge on any atom is -0.348 e. The monoisotopic (exact) mass is 365 g/mol. The molecule has 2 aromatic rings. The van der Waals surface area contributed by atoms with Crippen molar-refractivity contribution in [2.45, 2.75) is 26.3 Å². The highest BCUT2D eigenvalue weighted by Gasteiger charge is 2.06. The molecule has 2 aromatic carbocycles. The molecule has 0 aliphatic rings. The van der Waals surface area contributed by atoms with Gasteiger partial charge in [-0.2, -0.15) is 4.99 Å². The number of hydrogen-bond donors (Lipinski definition) is 1. The fourth-order valence-corrected chi connectivity index (χ4v) is 2.27. The van der Waals surface area contributed by atoms with Crippen LogP contribution in [0.1, 0.15) is 19.4 Å². The largest absolute Gasteiger partial charge is 0.348 e. The van der Waals surface area contributed by atoms with Crippen molar-refractivity contribution in [3.63, 3.8) is 0 Å². The number of rotatable bonds is 7. The van der Waals surface area contributed by atoms with Crippen LogP contribution in [0.4, 0.5) is 5.69 Å². The third-order valence-corrected chi connectivity index (χ3v) is 3.67. The molecule has 0 saturated carbocycles. The number of para-hydroxylation sites is 1. The Morgan fingerprint density at radius 3 is 2.30 bits per heavy atom. The van der Waals surface area contributed by atoms with Crippen molar-refractivity contribution in [1.29, 1.82) is 0 Å². The minimum absolute atomic E-state index is 0.0187. The molecule has 0 spiro atoms. The summed E-state index contributed by atoms with van der Waals surface area (Å²) in [6.45, 7) is 3.85. The lowest BCUT2D eigenvalue weighted by Crippen LogP contribution is -2.29. The van der Waals surface area contributed by atoms with E-state index in [2.05, 4.69) is 32.8 Å². The third-order valence-electron chi connectivity index (χ3n) is 3.67. The van der Waals surface area contributed by atoms with Crippen LogP contribution in [0.3, 0.4) is 0 Å². The van der Waals surface area contributed by atoms with Crippen molar-refractivity contribution in [3.05, 3.63) is 78.2 Å². The second-order valence-corrected chi connectivity index (χ2v) is 6.27. The summed E-state index contributed by atoms with van der Waals surface area (Å²) < 4.78 is 0. The Morgan fingerprint density at radius 1 is 1.07 bits per heavy atom. The third kappa shape index (κ3) is 7.32. The highest BCUT2D eigenvalue weighted by molar-refractivity contribution is 5.93. The number of nitrogens with zero attached hydrogens (tertiary/aromatic N) is 4. The van der Waals surface area contributed by atoms with Crippen molar-refractivity contribution in [2.75, 3.05) is 19.4 Å². The summed E-state index contributed by atoms with van der Waals surface area (Å²) in [7, 11) is 3.82. The van der Waals surface area contributed by atoms with Crippen molar-refractivity contribution in [2.24, 2.45) is 15.4 Å². The van der Waals surface area contributed by atoms with Gasteiger partial charge < -0.3 is 15.1 Å². The van der Waals surface area contributed by atoms with Gasteiger partial charge in [0.15, 0.2) is 0 Å². The second kappa shape index (κ2) is 10.8. The molecular formula is C21H27N5O. The smallest absolute Gasteiger partial charge is 0.249 e. The van der Waals surface area contributed by atoms with E-state index < -0.39 is 0 Å². The van der Waals surface area contributed by atoms with Gasteiger partial charge >= 0.3 is 0 Å². The molecule has 0 heterocycles. The molecule has 1 N–H and O–H groups in total. The first-order valence-corrected chi connectivity index (χ1v) is 8.94. The van der Waals surface area contributed by atoms with E-state index in [1.165, 1.54) is 5.56 Å². The van der Waals surface area contributed by atoms with Crippen LogP contribution in [0.25, 0.3) is 0 Å². The summed E-state index contributed by atoms with van der Waals surface area (Å²) >= 11 is 0. The highest BCUT2D eigenvalue weighted by Crippen LogP contribution is 2.10. The molecule has 0 radical (unpaired) electrons. The predicted octanol–water partition coefficient (Wildman–Crippen LogP) is 4.89. The Morgan fingerprint density at radius 2 is 1.70 bits per heavy atom. The van der Waals surface area contributed by atoms with Crippen molar-refractivity contribution < 1.29 is 4.84 Å². The summed E-state index contributed by atoms with van der Waals surface area (Å²) in [5, 5.41) is 11.3. The quantitative estimate of drug-likeness (QED) is 0.250. The lowest BCUT2D eigenvalue weighted by atomic mass is 10.1. The van der Waals surface area contributed by atoms with E-state index in [-0.39, 0.29) is 6.04 Å². The first kappa shape index (κ1) is 20.2. The summed E-state index contributed by atoms with van der Waals surface area (Å²) in [4.78, 5) is 11.7. The normalized spacial score (nSPS) is 13.5. The van der Waals surface area contributed by atoms with Crippen LogP contribution in [-0.2, 0) is 11.3 Å². The fourth-order valence-electron chi connectivity index (χ4n) is 2.27. The van der Waals surface area contributed by atoms with Crippen molar-refractivity contribution in [1.82, 2.24) is 4.90 Å². The van der Waals surface area contributed by atoms with E-state index in [1.54, 1.807) is 6.08 Å². The highest BCUT2D eigenvalue weighted by atomic mass is 16.7. The van der Waals surface area contributed by atoms with Crippen LogP contribution in [0.2, 0.25) is 0 Å². The molecular weight excluding hydrogens is 338 g/mol. The van der Waals surface area contributed by atoms with Crippen molar-refractivity contribution in [3.8, 4) is 0 Å². The van der Waals surface area contributed by atoms with E-state index in [0.717, 1.165) is 12.1 Å². The van der Waals surface area contributed by atoms with E-state index in [9.17, 15) is 0 Å². The van der Waals surface area contributed by atoms with Gasteiger partial charge in [-0.25, -0.2) is 0 Å². The number of hydrogen-bond acceptors (Lipinski definition) is 4. The van der Waals surface area contributed by atoms with Gasteiger partial charge in [0.2, 0.25) is 11.8 Å². The number of allylic oxidation sites excluding steroid dienone is 1. The van der Waals surface area contributed by atoms with Crippen LogP contribution >= 0.6 is 0 Å². The SMILES string of the molecule is C/C=C(/N=C(Nc1ccccc1)N(C)C)ON=NC(C)Cc1ccccc1. The van der Waals surface area contributed by atoms with Gasteiger partial charge in [-0.15, -0.1) is 5.11 Å². The molecule has 6 heteroatoms. The van der Waals surface area contributed by atoms with Crippen LogP contribution in [-0.4, -0.2) is 31.0 Å². The molecule has 0 aliphatic heterocycles. The van der Waals surface area contributed by atoms with Crippen LogP contribution in [0.15, 0.2) is 88.0 Å². The van der Waals surface area contributed by atoms with Gasteiger partial charge in [-0.1, -0.05) is 48.5 Å². The summed E-state index contributed by atoms with van der Waals surface area (Å²) in [5.74, 6) is 1.01. The lowest BCUT2D eigenvalue weighted by molar-refractivity contribution is 0.192. The molecule has 0 bridgehead atoms. The second-order valence-electron chi connectivity index (χ2n) is 6.27. The van der Waals surface area contributed by atoms with Crippen LogP contribution < -0.4 is 5.32 Å². The molecule has 0 amide bonds. The number of benzene rings is 2. The Balaban J connectivity index is 1.96. The zero-order chi connectivity index (χ0) is 19.5. The zero-order valence-corrected chi connectivity index (χ0v) is 16.3. The maximum Gasteiger partial charge on any atom is 0.249 e. The maximum atomic E-state index is 5.38. The number of aliphatic imine (C=N–C) groups is 1. The standard InChI is InChI=1S/C21H27N5O/c1-5-20(23-21(26(3)4)22-19-14-10-7-11-15-19)27-25-24-17(2)16-18-12-8-6-9-13-18/h5-15,17H,16H2,1-4H3,(H,22,23)/b20-5-,25-24?.